The van der Waals surface area contributed by atoms with Gasteiger partial charge in [0.15, 0.2) is 5.15 Å². The van der Waals surface area contributed by atoms with Gasteiger partial charge in [-0.25, -0.2) is 0 Å². The van der Waals surface area contributed by atoms with Crippen LogP contribution in [0.15, 0.2) is 30.3 Å². The predicted molar refractivity (Wildman–Crippen MR) is 70.5 cm³/mol. The Morgan fingerprint density at radius 2 is 1.83 bits per heavy atom. The molecular formula is C12H5Cl3N2O. The second kappa shape index (κ2) is 5.45. The first kappa shape index (κ1) is 13.0. The summed E-state index contributed by atoms with van der Waals surface area (Å²) in [6, 6.07) is 10.2. The highest BCUT2D eigenvalue weighted by molar-refractivity contribution is 6.42. The second-order valence-electron chi connectivity index (χ2n) is 3.26. The van der Waals surface area contributed by atoms with Crippen LogP contribution in [0.5, 0.6) is 11.6 Å². The highest BCUT2D eigenvalue weighted by atomic mass is 35.5. The molecule has 0 radical (unpaired) electrons. The molecule has 2 rings (SSSR count). The molecule has 0 saturated carbocycles. The Morgan fingerprint density at radius 3 is 2.56 bits per heavy atom. The molecular weight excluding hydrogens is 295 g/mol. The molecule has 1 aromatic heterocycles. The molecule has 3 nitrogen and oxygen atoms in total. The maximum Gasteiger partial charge on any atom is 0.239 e. The molecule has 2 aromatic rings. The number of pyridine rings is 1. The van der Waals surface area contributed by atoms with Gasteiger partial charge in [-0.3, -0.25) is 0 Å². The van der Waals surface area contributed by atoms with Gasteiger partial charge in [0, 0.05) is 0 Å². The van der Waals surface area contributed by atoms with Gasteiger partial charge in [0.2, 0.25) is 5.88 Å². The van der Waals surface area contributed by atoms with Crippen molar-refractivity contribution < 1.29 is 4.74 Å². The molecule has 1 heterocycles. The third-order valence-electron chi connectivity index (χ3n) is 2.07. The van der Waals surface area contributed by atoms with E-state index in [9.17, 15) is 0 Å². The van der Waals surface area contributed by atoms with Gasteiger partial charge < -0.3 is 4.74 Å². The van der Waals surface area contributed by atoms with E-state index in [1.807, 2.05) is 6.07 Å². The number of nitrogens with zero attached hydrogens (tertiary/aromatic N) is 2. The molecule has 0 bridgehead atoms. The molecule has 90 valence electrons. The number of benzene rings is 1. The fraction of sp³-hybridized carbons (Fsp3) is 0. The predicted octanol–water partition coefficient (Wildman–Crippen LogP) is 4.71. The van der Waals surface area contributed by atoms with E-state index in [0.29, 0.717) is 11.3 Å². The topological polar surface area (TPSA) is 45.9 Å². The van der Waals surface area contributed by atoms with E-state index >= 15 is 0 Å². The summed E-state index contributed by atoms with van der Waals surface area (Å²) in [5.41, 5.74) is 0.376. The van der Waals surface area contributed by atoms with Crippen molar-refractivity contribution in [2.45, 2.75) is 0 Å². The normalized spacial score (nSPS) is 9.89. The molecule has 18 heavy (non-hydrogen) atoms. The molecule has 0 saturated heterocycles. The quantitative estimate of drug-likeness (QED) is 0.755. The summed E-state index contributed by atoms with van der Waals surface area (Å²) >= 11 is 17.5. The van der Waals surface area contributed by atoms with Gasteiger partial charge in [-0.05, 0) is 18.2 Å². The van der Waals surface area contributed by atoms with E-state index in [2.05, 4.69) is 4.98 Å². The van der Waals surface area contributed by atoms with Gasteiger partial charge in [-0.15, -0.1) is 0 Å². The van der Waals surface area contributed by atoms with Gasteiger partial charge in [-0.2, -0.15) is 10.2 Å². The zero-order valence-corrected chi connectivity index (χ0v) is 11.1. The Hall–Kier alpha value is -1.47. The van der Waals surface area contributed by atoms with Crippen molar-refractivity contribution in [1.29, 1.82) is 5.26 Å². The Bertz CT molecular complexity index is 638. The van der Waals surface area contributed by atoms with E-state index < -0.39 is 0 Å². The molecule has 1 aromatic carbocycles. The van der Waals surface area contributed by atoms with E-state index in [1.165, 1.54) is 6.07 Å². The summed E-state index contributed by atoms with van der Waals surface area (Å²) in [6.07, 6.45) is 0. The lowest BCUT2D eigenvalue weighted by atomic mass is 10.2. The van der Waals surface area contributed by atoms with Gasteiger partial charge >= 0.3 is 0 Å². The zero-order valence-electron chi connectivity index (χ0n) is 8.82. The van der Waals surface area contributed by atoms with Gasteiger partial charge in [-0.1, -0.05) is 46.9 Å². The maximum atomic E-state index is 8.93. The average Bonchev–Trinajstić information content (AvgIpc) is 2.36. The summed E-state index contributed by atoms with van der Waals surface area (Å²) in [4.78, 5) is 3.91. The van der Waals surface area contributed by atoms with Gasteiger partial charge in [0.05, 0.1) is 10.6 Å². The van der Waals surface area contributed by atoms with Crippen LogP contribution in [0.2, 0.25) is 15.2 Å². The second-order valence-corrected chi connectivity index (χ2v) is 4.43. The first-order valence-corrected chi connectivity index (χ1v) is 5.93. The minimum Gasteiger partial charge on any atom is -0.436 e. The third kappa shape index (κ3) is 2.68. The molecule has 0 atom stereocenters. The molecule has 0 N–H and O–H groups in total. The first-order valence-electron chi connectivity index (χ1n) is 4.80. The number of hydrogen-bond donors (Lipinski definition) is 0. The molecule has 0 fully saturated rings. The van der Waals surface area contributed by atoms with E-state index in [1.54, 1.807) is 24.3 Å². The largest absolute Gasteiger partial charge is 0.436 e. The highest BCUT2D eigenvalue weighted by Gasteiger charge is 2.11. The van der Waals surface area contributed by atoms with Crippen molar-refractivity contribution >= 4 is 34.8 Å². The van der Waals surface area contributed by atoms with Crippen LogP contribution in [0.1, 0.15) is 5.56 Å². The van der Waals surface area contributed by atoms with Crippen molar-refractivity contribution in [3.63, 3.8) is 0 Å². The number of aromatic nitrogens is 1. The Kier molecular flexibility index (Phi) is 3.93. The molecule has 0 aliphatic carbocycles. The number of nitriles is 1. The van der Waals surface area contributed by atoms with Crippen LogP contribution in [0, 0.1) is 11.3 Å². The molecule has 0 amide bonds. The number of halogens is 3. The maximum absolute atomic E-state index is 8.93. The number of ether oxygens (including phenoxy) is 1. The van der Waals surface area contributed by atoms with Crippen molar-refractivity contribution in [3.05, 3.63) is 51.1 Å². The Balaban J connectivity index is 2.41. The van der Waals surface area contributed by atoms with Crippen LogP contribution in [0.25, 0.3) is 0 Å². The fourth-order valence-electron chi connectivity index (χ4n) is 1.25. The van der Waals surface area contributed by atoms with Crippen molar-refractivity contribution in [3.8, 4) is 17.7 Å². The van der Waals surface area contributed by atoms with Gasteiger partial charge in [0.1, 0.15) is 16.8 Å². The van der Waals surface area contributed by atoms with E-state index in [0.717, 1.165) is 0 Å². The molecule has 6 heteroatoms. The summed E-state index contributed by atoms with van der Waals surface area (Å²) in [5, 5.41) is 9.48. The smallest absolute Gasteiger partial charge is 0.239 e. The SMILES string of the molecule is N#Cc1ccccc1Oc1nc(Cl)c(Cl)cc1Cl. The van der Waals surface area contributed by atoms with E-state index in [-0.39, 0.29) is 21.1 Å². The summed E-state index contributed by atoms with van der Waals surface area (Å²) in [6.45, 7) is 0. The summed E-state index contributed by atoms with van der Waals surface area (Å²) in [7, 11) is 0. The lowest BCUT2D eigenvalue weighted by Gasteiger charge is -2.08. The van der Waals surface area contributed by atoms with Crippen LogP contribution in [0.4, 0.5) is 0 Å². The number of hydrogen-bond acceptors (Lipinski definition) is 3. The van der Waals surface area contributed by atoms with Crippen LogP contribution >= 0.6 is 34.8 Å². The van der Waals surface area contributed by atoms with Crippen LogP contribution in [-0.4, -0.2) is 4.98 Å². The first-order chi connectivity index (χ1) is 8.61. The van der Waals surface area contributed by atoms with Crippen LogP contribution in [0.3, 0.4) is 0 Å². The third-order valence-corrected chi connectivity index (χ3v) is 3.01. The Morgan fingerprint density at radius 1 is 1.11 bits per heavy atom. The van der Waals surface area contributed by atoms with E-state index in [4.69, 9.17) is 44.8 Å². The molecule has 0 spiro atoms. The number of para-hydroxylation sites is 1. The van der Waals surface area contributed by atoms with Crippen molar-refractivity contribution in [1.82, 2.24) is 4.98 Å². The lowest BCUT2D eigenvalue weighted by molar-refractivity contribution is 0.462. The van der Waals surface area contributed by atoms with Gasteiger partial charge in [0.25, 0.3) is 0 Å². The zero-order chi connectivity index (χ0) is 13.1. The standard InChI is InChI=1S/C12H5Cl3N2O/c13-8-5-9(14)12(17-11(8)15)18-10-4-2-1-3-7(10)6-16/h1-5H. The fourth-order valence-corrected chi connectivity index (χ4v) is 1.78. The molecule has 0 aliphatic heterocycles. The summed E-state index contributed by atoms with van der Waals surface area (Å²) in [5.74, 6) is 0.460. The van der Waals surface area contributed by atoms with Crippen LogP contribution < -0.4 is 4.74 Å². The Labute approximate surface area is 118 Å². The monoisotopic (exact) mass is 298 g/mol. The number of rotatable bonds is 2. The van der Waals surface area contributed by atoms with Crippen molar-refractivity contribution in [2.24, 2.45) is 0 Å². The minimum absolute atomic E-state index is 0.0884. The average molecular weight is 300 g/mol. The molecule has 0 aliphatic rings. The highest BCUT2D eigenvalue weighted by Crippen LogP contribution is 2.33. The van der Waals surface area contributed by atoms with Crippen molar-refractivity contribution in [2.75, 3.05) is 0 Å². The molecule has 0 unspecified atom stereocenters. The van der Waals surface area contributed by atoms with Crippen LogP contribution in [-0.2, 0) is 0 Å². The minimum atomic E-state index is 0.0884. The summed E-state index contributed by atoms with van der Waals surface area (Å²) < 4.78 is 5.46. The lowest BCUT2D eigenvalue weighted by Crippen LogP contribution is -1.92.